The van der Waals surface area contributed by atoms with Crippen LogP contribution in [0.25, 0.3) is 0 Å². The van der Waals surface area contributed by atoms with Gasteiger partial charge < -0.3 is 4.55 Å². The molecule has 0 aliphatic rings. The molecule has 0 saturated heterocycles. The van der Waals surface area contributed by atoms with Gasteiger partial charge in [-0.05, 0) is 0 Å². The maximum Gasteiger partial charge on any atom is 1.00 e. The van der Waals surface area contributed by atoms with Crippen molar-refractivity contribution in [3.05, 3.63) is 0 Å². The van der Waals surface area contributed by atoms with E-state index in [9.17, 15) is 48.1 Å². The van der Waals surface area contributed by atoms with Crippen molar-refractivity contribution in [2.75, 3.05) is 0 Å². The second-order valence-electron chi connectivity index (χ2n) is 2.46. The molecule has 0 aromatic rings. The second kappa shape index (κ2) is 5.49. The average molecular weight is 304 g/mol. The first-order chi connectivity index (χ1) is 7.13. The van der Waals surface area contributed by atoms with Crippen molar-refractivity contribution in [2.45, 2.75) is 23.9 Å². The summed E-state index contributed by atoms with van der Waals surface area (Å²) in [5, 5.41) is -6.55. The molecular formula is C4HF8LiO4S. The normalized spacial score (nSPS) is 16.1. The van der Waals surface area contributed by atoms with Gasteiger partial charge in [0.25, 0.3) is 6.36 Å². The van der Waals surface area contributed by atoms with Gasteiger partial charge in [0.05, 0.1) is 0 Å². The predicted molar refractivity (Wildman–Crippen MR) is 31.6 cm³/mol. The van der Waals surface area contributed by atoms with Gasteiger partial charge in [0.2, 0.25) is 0 Å². The number of alkyl halides is 8. The monoisotopic (exact) mass is 304 g/mol. The molecule has 0 rings (SSSR count). The molecule has 1 unspecified atom stereocenters. The van der Waals surface area contributed by atoms with Crippen LogP contribution in [-0.2, 0) is 14.9 Å². The summed E-state index contributed by atoms with van der Waals surface area (Å²) < 4.78 is 126. The number of hydrogen-bond acceptors (Lipinski definition) is 4. The molecule has 0 saturated carbocycles. The summed E-state index contributed by atoms with van der Waals surface area (Å²) >= 11 is 0. The fourth-order valence-corrected chi connectivity index (χ4v) is 0.750. The van der Waals surface area contributed by atoms with Gasteiger partial charge in [-0.1, -0.05) is 0 Å². The first kappa shape index (κ1) is 20.2. The minimum Gasteiger partial charge on any atom is -0.743 e. The first-order valence-corrected chi connectivity index (χ1v) is 4.63. The van der Waals surface area contributed by atoms with Crippen LogP contribution < -0.4 is 18.9 Å². The van der Waals surface area contributed by atoms with E-state index in [1.807, 2.05) is 4.74 Å². The summed E-state index contributed by atoms with van der Waals surface area (Å²) in [6.45, 7) is 0. The van der Waals surface area contributed by atoms with Crippen molar-refractivity contribution < 1.29 is 71.7 Å². The fraction of sp³-hybridized carbons (Fsp3) is 1.00. The Morgan fingerprint density at radius 1 is 1.00 bits per heavy atom. The molecule has 18 heavy (non-hydrogen) atoms. The van der Waals surface area contributed by atoms with Crippen LogP contribution in [0, 0.1) is 0 Å². The zero-order valence-corrected chi connectivity index (χ0v) is 8.96. The van der Waals surface area contributed by atoms with E-state index in [4.69, 9.17) is 0 Å². The Hall–Kier alpha value is -0.0926. The molecule has 0 spiro atoms. The van der Waals surface area contributed by atoms with E-state index in [1.54, 1.807) is 0 Å². The van der Waals surface area contributed by atoms with Crippen molar-refractivity contribution in [2.24, 2.45) is 0 Å². The maximum atomic E-state index is 12.2. The molecule has 1 atom stereocenters. The van der Waals surface area contributed by atoms with Crippen molar-refractivity contribution in [1.82, 2.24) is 0 Å². The quantitative estimate of drug-likeness (QED) is 0.364. The van der Waals surface area contributed by atoms with Crippen LogP contribution in [0.1, 0.15) is 0 Å². The fourth-order valence-electron chi connectivity index (χ4n) is 0.411. The van der Waals surface area contributed by atoms with Crippen LogP contribution in [0.2, 0.25) is 0 Å². The van der Waals surface area contributed by atoms with E-state index in [2.05, 4.69) is 0 Å². The van der Waals surface area contributed by atoms with E-state index >= 15 is 0 Å². The summed E-state index contributed by atoms with van der Waals surface area (Å²) in [5.74, 6) is 0. The smallest absolute Gasteiger partial charge is 0.743 e. The maximum absolute atomic E-state index is 12.2. The van der Waals surface area contributed by atoms with Gasteiger partial charge in [-0.2, -0.15) is 30.7 Å². The van der Waals surface area contributed by atoms with Gasteiger partial charge in [-0.25, -0.2) is 12.8 Å². The molecule has 0 aromatic heterocycles. The summed E-state index contributed by atoms with van der Waals surface area (Å²) in [5.41, 5.74) is 0. The van der Waals surface area contributed by atoms with Crippen LogP contribution in [0.4, 0.5) is 35.1 Å². The first-order valence-electron chi connectivity index (χ1n) is 3.22. The number of ether oxygens (including phenoxy) is 1. The van der Waals surface area contributed by atoms with E-state index in [-0.39, 0.29) is 18.9 Å². The summed E-state index contributed by atoms with van der Waals surface area (Å²) in [6.07, 6.45) is -17.4. The SMILES string of the molecule is O=S(=O)([O-])C(F)(F)C(F)(F)OC(F)C(F)(F)F.[Li+]. The molecule has 0 aromatic carbocycles. The number of rotatable bonds is 4. The molecule has 0 fully saturated rings. The Bertz CT molecular complexity index is 377. The van der Waals surface area contributed by atoms with Gasteiger partial charge in [-0.15, -0.1) is 0 Å². The molecule has 14 heteroatoms. The Kier molecular flexibility index (Phi) is 6.17. The molecule has 0 heterocycles. The van der Waals surface area contributed by atoms with Gasteiger partial charge >= 0.3 is 36.4 Å². The molecule has 0 N–H and O–H groups in total. The largest absolute Gasteiger partial charge is 1.00 e. The Balaban J connectivity index is 0. The third kappa shape index (κ3) is 4.23. The van der Waals surface area contributed by atoms with Gasteiger partial charge in [0.1, 0.15) is 0 Å². The molecular weight excluding hydrogens is 303 g/mol. The van der Waals surface area contributed by atoms with Crippen molar-refractivity contribution in [3.8, 4) is 0 Å². The molecule has 0 aliphatic heterocycles. The molecule has 0 amide bonds. The van der Waals surface area contributed by atoms with Crippen LogP contribution in [-0.4, -0.2) is 36.9 Å². The van der Waals surface area contributed by atoms with Crippen molar-refractivity contribution >= 4 is 10.1 Å². The number of hydrogen-bond donors (Lipinski definition) is 0. The molecule has 4 nitrogen and oxygen atoms in total. The van der Waals surface area contributed by atoms with Crippen molar-refractivity contribution in [3.63, 3.8) is 0 Å². The van der Waals surface area contributed by atoms with Crippen LogP contribution in [0.15, 0.2) is 0 Å². The van der Waals surface area contributed by atoms with E-state index in [0.29, 0.717) is 0 Å². The van der Waals surface area contributed by atoms with E-state index in [0.717, 1.165) is 0 Å². The third-order valence-electron chi connectivity index (χ3n) is 1.16. The second-order valence-corrected chi connectivity index (χ2v) is 3.88. The zero-order chi connectivity index (χ0) is 14.3. The molecule has 0 aliphatic carbocycles. The van der Waals surface area contributed by atoms with Gasteiger partial charge in [-0.3, -0.25) is 4.74 Å². The Morgan fingerprint density at radius 2 is 1.33 bits per heavy atom. The van der Waals surface area contributed by atoms with E-state index in [1.165, 1.54) is 0 Å². The van der Waals surface area contributed by atoms with E-state index < -0.39 is 34.0 Å². The van der Waals surface area contributed by atoms with Gasteiger partial charge in [0.15, 0.2) is 10.1 Å². The van der Waals surface area contributed by atoms with Gasteiger partial charge in [0, 0.05) is 0 Å². The molecule has 104 valence electrons. The van der Waals surface area contributed by atoms with Crippen molar-refractivity contribution in [1.29, 1.82) is 0 Å². The Labute approximate surface area is 106 Å². The third-order valence-corrected chi connectivity index (χ3v) is 2.03. The molecule has 0 bridgehead atoms. The standard InChI is InChI=1S/C4H2F8O4S.Li/c5-1(2(6,7)8)16-3(9,10)4(11,12)17(13,14)15;/h1H,(H,13,14,15);/q;+1/p-1. The summed E-state index contributed by atoms with van der Waals surface area (Å²) in [6, 6.07) is 0. The van der Waals surface area contributed by atoms with Crippen LogP contribution in [0.3, 0.4) is 0 Å². The van der Waals surface area contributed by atoms with Crippen LogP contribution in [0.5, 0.6) is 0 Å². The minimum absolute atomic E-state index is 0. The predicted octanol–water partition coefficient (Wildman–Crippen LogP) is -1.40. The average Bonchev–Trinajstić information content (AvgIpc) is 1.98. The summed E-state index contributed by atoms with van der Waals surface area (Å²) in [7, 11) is -7.04. The summed E-state index contributed by atoms with van der Waals surface area (Å²) in [4.78, 5) is 0. The Morgan fingerprint density at radius 3 is 1.56 bits per heavy atom. The number of halogens is 8. The zero-order valence-electron chi connectivity index (χ0n) is 8.14. The molecule has 0 radical (unpaired) electrons. The minimum atomic E-state index is -7.04. The topological polar surface area (TPSA) is 66.4 Å². The van der Waals surface area contributed by atoms with Crippen LogP contribution >= 0.6 is 0 Å².